The summed E-state index contributed by atoms with van der Waals surface area (Å²) >= 11 is 0. The Kier molecular flexibility index (Phi) is 4.57. The van der Waals surface area contributed by atoms with E-state index >= 15 is 0 Å². The van der Waals surface area contributed by atoms with Crippen molar-refractivity contribution in [1.29, 1.82) is 0 Å². The van der Waals surface area contributed by atoms with Gasteiger partial charge in [-0.15, -0.1) is 0 Å². The molecule has 1 amide bonds. The molecule has 1 N–H and O–H groups in total. The number of nitrogens with one attached hydrogen (secondary N) is 1. The van der Waals surface area contributed by atoms with Crippen molar-refractivity contribution in [1.82, 2.24) is 0 Å². The first-order valence-electron chi connectivity index (χ1n) is 8.01. The van der Waals surface area contributed by atoms with Gasteiger partial charge in [-0.3, -0.25) is 4.79 Å². The van der Waals surface area contributed by atoms with Crippen molar-refractivity contribution in [2.24, 2.45) is 0 Å². The summed E-state index contributed by atoms with van der Waals surface area (Å²) in [7, 11) is 1.32. The fourth-order valence-corrected chi connectivity index (χ4v) is 2.70. The zero-order chi connectivity index (χ0) is 18.0. The Morgan fingerprint density at radius 1 is 1.16 bits per heavy atom. The highest BCUT2D eigenvalue weighted by atomic mass is 16.5. The van der Waals surface area contributed by atoms with E-state index in [1.165, 1.54) is 7.11 Å². The monoisotopic (exact) mass is 337 g/mol. The third kappa shape index (κ3) is 3.40. The van der Waals surface area contributed by atoms with E-state index in [2.05, 4.69) is 5.32 Å². The molecule has 0 unspecified atom stereocenters. The first-order valence-corrected chi connectivity index (χ1v) is 8.01. The molecule has 5 heteroatoms. The molecule has 5 nitrogen and oxygen atoms in total. The molecule has 3 rings (SSSR count). The maximum absolute atomic E-state index is 12.4. The minimum atomic E-state index is -0.440. The SMILES string of the molecule is COC(=O)c1ccc2c(c1)NC(=O)C2=Cc1ccccc1OC(C)C. The maximum Gasteiger partial charge on any atom is 0.337 e. The lowest BCUT2D eigenvalue weighted by Crippen LogP contribution is -2.07. The summed E-state index contributed by atoms with van der Waals surface area (Å²) in [6.45, 7) is 3.91. The molecule has 2 aromatic rings. The molecule has 1 aliphatic heterocycles. The molecule has 128 valence electrons. The molecule has 0 fully saturated rings. The number of hydrogen-bond donors (Lipinski definition) is 1. The first-order chi connectivity index (χ1) is 12.0. The number of fused-ring (bicyclic) bond motifs is 1. The van der Waals surface area contributed by atoms with Crippen molar-refractivity contribution < 1.29 is 19.1 Å². The number of carbonyl (C=O) groups is 2. The van der Waals surface area contributed by atoms with E-state index in [1.807, 2.05) is 38.1 Å². The summed E-state index contributed by atoms with van der Waals surface area (Å²) in [5.74, 6) is 0.0685. The van der Waals surface area contributed by atoms with Crippen LogP contribution in [0.2, 0.25) is 0 Å². The summed E-state index contributed by atoms with van der Waals surface area (Å²) in [6, 6.07) is 12.6. The van der Waals surface area contributed by atoms with Crippen LogP contribution in [0.15, 0.2) is 42.5 Å². The third-order valence-corrected chi connectivity index (χ3v) is 3.81. The van der Waals surface area contributed by atoms with Crippen molar-refractivity contribution in [3.8, 4) is 5.75 Å². The second-order valence-electron chi connectivity index (χ2n) is 5.97. The third-order valence-electron chi connectivity index (χ3n) is 3.81. The highest BCUT2D eigenvalue weighted by molar-refractivity contribution is 6.35. The van der Waals surface area contributed by atoms with Crippen molar-refractivity contribution in [2.45, 2.75) is 20.0 Å². The van der Waals surface area contributed by atoms with Crippen LogP contribution in [0.1, 0.15) is 35.3 Å². The van der Waals surface area contributed by atoms with Crippen LogP contribution in [-0.2, 0) is 9.53 Å². The van der Waals surface area contributed by atoms with Gasteiger partial charge in [0.2, 0.25) is 0 Å². The second kappa shape index (κ2) is 6.81. The summed E-state index contributed by atoms with van der Waals surface area (Å²) in [4.78, 5) is 24.0. The number of esters is 1. The van der Waals surface area contributed by atoms with Gasteiger partial charge >= 0.3 is 5.97 Å². The average Bonchev–Trinajstić information content (AvgIpc) is 2.90. The molecule has 0 radical (unpaired) electrons. The summed E-state index contributed by atoms with van der Waals surface area (Å²) in [6.07, 6.45) is 1.84. The van der Waals surface area contributed by atoms with Crippen LogP contribution in [0, 0.1) is 0 Å². The van der Waals surface area contributed by atoms with Crippen molar-refractivity contribution in [3.63, 3.8) is 0 Å². The molecular weight excluding hydrogens is 318 g/mol. The number of benzene rings is 2. The Hall–Kier alpha value is -3.08. The number of ether oxygens (including phenoxy) is 2. The summed E-state index contributed by atoms with van der Waals surface area (Å²) < 4.78 is 10.5. The molecule has 0 aliphatic carbocycles. The van der Waals surface area contributed by atoms with Crippen molar-refractivity contribution in [2.75, 3.05) is 12.4 Å². The minimum Gasteiger partial charge on any atom is -0.490 e. The fourth-order valence-electron chi connectivity index (χ4n) is 2.70. The van der Waals surface area contributed by atoms with Gasteiger partial charge in [-0.1, -0.05) is 24.3 Å². The van der Waals surface area contributed by atoms with Crippen LogP contribution >= 0.6 is 0 Å². The Morgan fingerprint density at radius 3 is 2.64 bits per heavy atom. The Bertz CT molecular complexity index is 868. The average molecular weight is 337 g/mol. The van der Waals surface area contributed by atoms with Crippen LogP contribution in [-0.4, -0.2) is 25.1 Å². The first kappa shape index (κ1) is 16.8. The van der Waals surface area contributed by atoms with Crippen LogP contribution in [0.5, 0.6) is 5.75 Å². The predicted octanol–water partition coefficient (Wildman–Crippen LogP) is 3.75. The molecule has 0 aromatic heterocycles. The molecule has 0 atom stereocenters. The molecule has 0 saturated heterocycles. The largest absolute Gasteiger partial charge is 0.490 e. The lowest BCUT2D eigenvalue weighted by molar-refractivity contribution is -0.110. The molecule has 2 aromatic carbocycles. The molecule has 1 aliphatic rings. The lowest BCUT2D eigenvalue weighted by atomic mass is 10.0. The highest BCUT2D eigenvalue weighted by Gasteiger charge is 2.25. The van der Waals surface area contributed by atoms with Gasteiger partial charge in [0, 0.05) is 22.4 Å². The van der Waals surface area contributed by atoms with E-state index < -0.39 is 5.97 Å². The van der Waals surface area contributed by atoms with Crippen LogP contribution in [0.4, 0.5) is 5.69 Å². The second-order valence-corrected chi connectivity index (χ2v) is 5.97. The van der Waals surface area contributed by atoms with E-state index in [0.29, 0.717) is 16.8 Å². The lowest BCUT2D eigenvalue weighted by Gasteiger charge is -2.12. The maximum atomic E-state index is 12.4. The number of anilines is 1. The topological polar surface area (TPSA) is 64.6 Å². The Labute approximate surface area is 146 Å². The van der Waals surface area contributed by atoms with Gasteiger partial charge in [-0.25, -0.2) is 4.79 Å². The van der Waals surface area contributed by atoms with Gasteiger partial charge in [-0.05, 0) is 38.1 Å². The van der Waals surface area contributed by atoms with E-state index in [0.717, 1.165) is 16.9 Å². The van der Waals surface area contributed by atoms with Crippen molar-refractivity contribution in [3.05, 3.63) is 59.2 Å². The van der Waals surface area contributed by atoms with Crippen LogP contribution in [0.25, 0.3) is 11.6 Å². The quantitative estimate of drug-likeness (QED) is 0.682. The summed E-state index contributed by atoms with van der Waals surface area (Å²) in [5, 5.41) is 2.79. The standard InChI is InChI=1S/C20H19NO4/c1-12(2)25-18-7-5-4-6-13(18)10-16-15-9-8-14(20(23)24-3)11-17(15)21-19(16)22/h4-12H,1-3H3,(H,21,22). The molecule has 25 heavy (non-hydrogen) atoms. The predicted molar refractivity (Wildman–Crippen MR) is 96.5 cm³/mol. The fraction of sp³-hybridized carbons (Fsp3) is 0.200. The number of rotatable bonds is 4. The van der Waals surface area contributed by atoms with Gasteiger partial charge in [0.05, 0.1) is 18.8 Å². The molecule has 0 saturated carbocycles. The summed E-state index contributed by atoms with van der Waals surface area (Å²) in [5.41, 5.74) is 3.10. The number of hydrogen-bond acceptors (Lipinski definition) is 4. The highest BCUT2D eigenvalue weighted by Crippen LogP contribution is 2.35. The normalized spacial score (nSPS) is 14.4. The van der Waals surface area contributed by atoms with E-state index in [-0.39, 0.29) is 12.0 Å². The Morgan fingerprint density at radius 2 is 1.92 bits per heavy atom. The number of amides is 1. The smallest absolute Gasteiger partial charge is 0.337 e. The number of carbonyl (C=O) groups excluding carboxylic acids is 2. The van der Waals surface area contributed by atoms with Crippen LogP contribution < -0.4 is 10.1 Å². The zero-order valence-electron chi connectivity index (χ0n) is 14.3. The Balaban J connectivity index is 2.02. The van der Waals surface area contributed by atoms with Crippen LogP contribution in [0.3, 0.4) is 0 Å². The van der Waals surface area contributed by atoms with Gasteiger partial charge in [0.1, 0.15) is 5.75 Å². The van der Waals surface area contributed by atoms with Gasteiger partial charge < -0.3 is 14.8 Å². The molecule has 0 spiro atoms. The van der Waals surface area contributed by atoms with E-state index in [9.17, 15) is 9.59 Å². The van der Waals surface area contributed by atoms with E-state index in [4.69, 9.17) is 9.47 Å². The minimum absolute atomic E-state index is 0.0341. The van der Waals surface area contributed by atoms with Gasteiger partial charge in [-0.2, -0.15) is 0 Å². The van der Waals surface area contributed by atoms with Crippen molar-refractivity contribution >= 4 is 29.2 Å². The van der Waals surface area contributed by atoms with Gasteiger partial charge in [0.25, 0.3) is 5.91 Å². The molecule has 1 heterocycles. The molecule has 0 bridgehead atoms. The number of para-hydroxylation sites is 1. The van der Waals surface area contributed by atoms with E-state index in [1.54, 1.807) is 24.3 Å². The number of methoxy groups -OCH3 is 1. The molecular formula is C20H19NO4. The van der Waals surface area contributed by atoms with Gasteiger partial charge in [0.15, 0.2) is 0 Å². The zero-order valence-corrected chi connectivity index (χ0v) is 14.3.